The van der Waals surface area contributed by atoms with Gasteiger partial charge in [-0.2, -0.15) is 5.06 Å². The maximum atomic E-state index is 11.3. The molecule has 1 aliphatic heterocycles. The predicted octanol–water partition coefficient (Wildman–Crippen LogP) is 1.46. The molecule has 2 N–H and O–H groups in total. The average Bonchev–Trinajstić information content (AvgIpc) is 2.38. The zero-order valence-electron chi connectivity index (χ0n) is 9.84. The Morgan fingerprint density at radius 2 is 2.12 bits per heavy atom. The third-order valence-corrected chi connectivity index (χ3v) is 3.02. The van der Waals surface area contributed by atoms with Gasteiger partial charge in [-0.05, 0) is 24.8 Å². The van der Waals surface area contributed by atoms with E-state index in [4.69, 9.17) is 10.6 Å². The predicted molar refractivity (Wildman–Crippen MR) is 64.8 cm³/mol. The molecule has 0 spiro atoms. The highest BCUT2D eigenvalue weighted by Crippen LogP contribution is 2.18. The van der Waals surface area contributed by atoms with Gasteiger partial charge in [0.2, 0.25) is 5.91 Å². The molecule has 1 amide bonds. The summed E-state index contributed by atoms with van der Waals surface area (Å²) in [6.07, 6.45) is 2.89. The van der Waals surface area contributed by atoms with E-state index in [0.717, 1.165) is 31.4 Å². The van der Waals surface area contributed by atoms with Crippen LogP contribution in [0.25, 0.3) is 0 Å². The van der Waals surface area contributed by atoms with Crippen molar-refractivity contribution in [2.75, 3.05) is 6.54 Å². The van der Waals surface area contributed by atoms with Crippen LogP contribution in [0.1, 0.15) is 24.8 Å². The molecule has 1 aromatic rings. The summed E-state index contributed by atoms with van der Waals surface area (Å²) in [5.41, 5.74) is 6.46. The van der Waals surface area contributed by atoms with E-state index in [1.165, 1.54) is 0 Å². The smallest absolute Gasteiger partial charge is 0.237 e. The molecule has 17 heavy (non-hydrogen) atoms. The summed E-state index contributed by atoms with van der Waals surface area (Å²) in [7, 11) is 0. The molecule has 1 aliphatic rings. The summed E-state index contributed by atoms with van der Waals surface area (Å²) in [6, 6.07) is 9.65. The standard InChI is InChI=1S/C13H18N2O2/c14-13(16)12-8-4-5-9-15(12)17-10-11-6-2-1-3-7-11/h1-3,6-7,12H,4-5,8-10H2,(H2,14,16)/t12-/m0/s1. The van der Waals surface area contributed by atoms with Crippen molar-refractivity contribution in [1.29, 1.82) is 0 Å². The quantitative estimate of drug-likeness (QED) is 0.858. The van der Waals surface area contributed by atoms with Crippen LogP contribution in [0.3, 0.4) is 0 Å². The second-order valence-corrected chi connectivity index (χ2v) is 4.31. The molecule has 1 atom stereocenters. The number of rotatable bonds is 4. The summed E-state index contributed by atoms with van der Waals surface area (Å²) < 4.78 is 0. The molecule has 0 aromatic heterocycles. The van der Waals surface area contributed by atoms with Gasteiger partial charge in [0.15, 0.2) is 0 Å². The first kappa shape index (κ1) is 12.1. The van der Waals surface area contributed by atoms with Gasteiger partial charge in [-0.15, -0.1) is 0 Å². The number of nitrogens with two attached hydrogens (primary N) is 1. The first-order chi connectivity index (χ1) is 8.27. The van der Waals surface area contributed by atoms with E-state index in [0.29, 0.717) is 6.61 Å². The van der Waals surface area contributed by atoms with E-state index in [9.17, 15) is 4.79 Å². The third-order valence-electron chi connectivity index (χ3n) is 3.02. The van der Waals surface area contributed by atoms with Crippen LogP contribution in [0.5, 0.6) is 0 Å². The van der Waals surface area contributed by atoms with Gasteiger partial charge in [-0.1, -0.05) is 30.3 Å². The number of benzene rings is 1. The zero-order chi connectivity index (χ0) is 12.1. The van der Waals surface area contributed by atoms with Crippen LogP contribution >= 0.6 is 0 Å². The van der Waals surface area contributed by atoms with Crippen LogP contribution in [0, 0.1) is 0 Å². The fourth-order valence-electron chi connectivity index (χ4n) is 2.08. The van der Waals surface area contributed by atoms with Crippen molar-refractivity contribution in [1.82, 2.24) is 5.06 Å². The molecule has 1 aromatic carbocycles. The summed E-state index contributed by atoms with van der Waals surface area (Å²) in [5, 5.41) is 1.73. The van der Waals surface area contributed by atoms with Crippen molar-refractivity contribution in [2.24, 2.45) is 5.73 Å². The highest BCUT2D eigenvalue weighted by atomic mass is 16.7. The lowest BCUT2D eigenvalue weighted by molar-refractivity contribution is -0.206. The molecule has 4 heteroatoms. The summed E-state index contributed by atoms with van der Waals surface area (Å²) in [5.74, 6) is -0.294. The number of carbonyl (C=O) groups excluding carboxylic acids is 1. The molecule has 2 rings (SSSR count). The first-order valence-corrected chi connectivity index (χ1v) is 6.00. The fourth-order valence-corrected chi connectivity index (χ4v) is 2.08. The van der Waals surface area contributed by atoms with E-state index in [1.807, 2.05) is 30.3 Å². The number of amides is 1. The van der Waals surface area contributed by atoms with Gasteiger partial charge >= 0.3 is 0 Å². The van der Waals surface area contributed by atoms with E-state index in [1.54, 1.807) is 5.06 Å². The minimum Gasteiger partial charge on any atom is -0.368 e. The van der Waals surface area contributed by atoms with Gasteiger partial charge in [0.05, 0.1) is 6.61 Å². The van der Waals surface area contributed by atoms with E-state index in [2.05, 4.69) is 0 Å². The Labute approximate surface area is 101 Å². The minimum atomic E-state index is -0.294. The van der Waals surface area contributed by atoms with Crippen LogP contribution < -0.4 is 5.73 Å². The molecule has 0 bridgehead atoms. The average molecular weight is 234 g/mol. The van der Waals surface area contributed by atoms with Crippen molar-refractivity contribution in [3.8, 4) is 0 Å². The van der Waals surface area contributed by atoms with Crippen molar-refractivity contribution < 1.29 is 9.63 Å². The monoisotopic (exact) mass is 234 g/mol. The molecule has 1 saturated heterocycles. The highest BCUT2D eigenvalue weighted by molar-refractivity contribution is 5.79. The van der Waals surface area contributed by atoms with Gasteiger partial charge in [0.25, 0.3) is 0 Å². The molecular formula is C13H18N2O2. The maximum absolute atomic E-state index is 11.3. The largest absolute Gasteiger partial charge is 0.368 e. The lowest BCUT2D eigenvalue weighted by Crippen LogP contribution is -2.47. The summed E-state index contributed by atoms with van der Waals surface area (Å²) >= 11 is 0. The molecule has 1 heterocycles. The molecule has 0 saturated carbocycles. The van der Waals surface area contributed by atoms with Crippen LogP contribution in [0.2, 0.25) is 0 Å². The van der Waals surface area contributed by atoms with Gasteiger partial charge in [0.1, 0.15) is 6.04 Å². The van der Waals surface area contributed by atoms with Crippen molar-refractivity contribution in [3.63, 3.8) is 0 Å². The molecule has 4 nitrogen and oxygen atoms in total. The van der Waals surface area contributed by atoms with E-state index in [-0.39, 0.29) is 11.9 Å². The first-order valence-electron chi connectivity index (χ1n) is 6.00. The molecule has 0 radical (unpaired) electrons. The number of piperidine rings is 1. The van der Waals surface area contributed by atoms with E-state index >= 15 is 0 Å². The normalized spacial score (nSPS) is 21.3. The van der Waals surface area contributed by atoms with Crippen LogP contribution in [-0.4, -0.2) is 23.6 Å². The number of hydroxylamine groups is 2. The summed E-state index contributed by atoms with van der Waals surface area (Å²) in [4.78, 5) is 17.0. The number of carbonyl (C=O) groups is 1. The van der Waals surface area contributed by atoms with Crippen molar-refractivity contribution >= 4 is 5.91 Å². The fraction of sp³-hybridized carbons (Fsp3) is 0.462. The molecule has 0 unspecified atom stereocenters. The number of hydrogen-bond donors (Lipinski definition) is 1. The summed E-state index contributed by atoms with van der Waals surface area (Å²) in [6.45, 7) is 1.27. The molecular weight excluding hydrogens is 216 g/mol. The van der Waals surface area contributed by atoms with E-state index < -0.39 is 0 Å². The van der Waals surface area contributed by atoms with Gasteiger partial charge in [-0.25, -0.2) is 0 Å². The Bertz CT molecular complexity index is 367. The molecule has 92 valence electrons. The topological polar surface area (TPSA) is 55.6 Å². The Balaban J connectivity index is 1.90. The Morgan fingerprint density at radius 1 is 1.35 bits per heavy atom. The van der Waals surface area contributed by atoms with Crippen LogP contribution in [-0.2, 0) is 16.2 Å². The van der Waals surface area contributed by atoms with Gasteiger partial charge < -0.3 is 5.73 Å². The Kier molecular flexibility index (Phi) is 4.12. The zero-order valence-corrected chi connectivity index (χ0v) is 9.84. The second-order valence-electron chi connectivity index (χ2n) is 4.31. The lowest BCUT2D eigenvalue weighted by atomic mass is 10.0. The highest BCUT2D eigenvalue weighted by Gasteiger charge is 2.27. The Morgan fingerprint density at radius 3 is 2.82 bits per heavy atom. The Hall–Kier alpha value is -1.39. The molecule has 1 fully saturated rings. The minimum absolute atomic E-state index is 0.271. The van der Waals surface area contributed by atoms with Gasteiger partial charge in [-0.3, -0.25) is 9.63 Å². The molecule has 0 aliphatic carbocycles. The number of nitrogens with zero attached hydrogens (tertiary/aromatic N) is 1. The lowest BCUT2D eigenvalue weighted by Gasteiger charge is -2.32. The van der Waals surface area contributed by atoms with Crippen LogP contribution in [0.15, 0.2) is 30.3 Å². The number of primary amides is 1. The van der Waals surface area contributed by atoms with Crippen molar-refractivity contribution in [3.05, 3.63) is 35.9 Å². The van der Waals surface area contributed by atoms with Gasteiger partial charge in [0, 0.05) is 6.54 Å². The van der Waals surface area contributed by atoms with Crippen molar-refractivity contribution in [2.45, 2.75) is 31.9 Å². The third kappa shape index (κ3) is 3.28. The SMILES string of the molecule is NC(=O)[C@@H]1CCCCN1OCc1ccccc1. The number of hydrogen-bond acceptors (Lipinski definition) is 3. The second kappa shape index (κ2) is 5.80. The van der Waals surface area contributed by atoms with Crippen LogP contribution in [0.4, 0.5) is 0 Å². The maximum Gasteiger partial charge on any atom is 0.237 e.